The van der Waals surface area contributed by atoms with Crippen LogP contribution in [-0.4, -0.2) is 4.68 Å². The smallest absolute Gasteiger partial charge is 0.0700 e. The first-order valence-corrected chi connectivity index (χ1v) is 5.62. The normalized spacial score (nSPS) is 11.6. The Bertz CT molecular complexity index is 458. The maximum atomic E-state index is 5.99. The van der Waals surface area contributed by atoms with Crippen molar-refractivity contribution in [1.29, 1.82) is 0 Å². The van der Waals surface area contributed by atoms with Gasteiger partial charge >= 0.3 is 0 Å². The van der Waals surface area contributed by atoms with Crippen LogP contribution in [0, 0.1) is 6.92 Å². The lowest BCUT2D eigenvalue weighted by molar-refractivity contribution is 1.04. The summed E-state index contributed by atoms with van der Waals surface area (Å²) in [5.74, 6) is 5.99. The standard InChI is InChI=1S/C11H11IN2/c1-8-9-4-2-3-5-11(9)14(13)10(8)6-7-12/h2-7H,13H2,1H3/b7-6-. The summed E-state index contributed by atoms with van der Waals surface area (Å²) in [5.41, 5.74) is 3.38. The topological polar surface area (TPSA) is 30.9 Å². The fourth-order valence-electron chi connectivity index (χ4n) is 1.71. The number of aromatic nitrogens is 1. The van der Waals surface area contributed by atoms with Gasteiger partial charge in [-0.1, -0.05) is 40.8 Å². The van der Waals surface area contributed by atoms with Crippen LogP contribution in [0.1, 0.15) is 11.3 Å². The minimum Gasteiger partial charge on any atom is -0.339 e. The molecule has 0 unspecified atom stereocenters. The molecule has 1 aromatic heterocycles. The maximum Gasteiger partial charge on any atom is 0.0700 e. The van der Waals surface area contributed by atoms with Gasteiger partial charge in [0, 0.05) is 5.39 Å². The Morgan fingerprint density at radius 1 is 1.36 bits per heavy atom. The fraction of sp³-hybridized carbons (Fsp3) is 0.0909. The molecule has 0 fully saturated rings. The van der Waals surface area contributed by atoms with Gasteiger partial charge in [-0.15, -0.1) is 0 Å². The Kier molecular flexibility index (Phi) is 2.50. The molecule has 0 radical (unpaired) electrons. The lowest BCUT2D eigenvalue weighted by Gasteiger charge is -1.98. The monoisotopic (exact) mass is 298 g/mol. The van der Waals surface area contributed by atoms with Gasteiger partial charge in [0.15, 0.2) is 0 Å². The number of nitrogens with two attached hydrogens (primary N) is 1. The zero-order chi connectivity index (χ0) is 10.1. The van der Waals surface area contributed by atoms with Crippen LogP contribution in [0.5, 0.6) is 0 Å². The first-order chi connectivity index (χ1) is 6.75. The van der Waals surface area contributed by atoms with Crippen molar-refractivity contribution < 1.29 is 0 Å². The molecule has 0 amide bonds. The number of para-hydroxylation sites is 1. The van der Waals surface area contributed by atoms with Crippen molar-refractivity contribution in [1.82, 2.24) is 4.68 Å². The second kappa shape index (κ2) is 3.65. The highest BCUT2D eigenvalue weighted by molar-refractivity contribution is 14.1. The zero-order valence-electron chi connectivity index (χ0n) is 7.87. The van der Waals surface area contributed by atoms with Crippen LogP contribution >= 0.6 is 22.6 Å². The van der Waals surface area contributed by atoms with E-state index in [9.17, 15) is 0 Å². The Hall–Kier alpha value is -0.970. The average Bonchev–Trinajstić information content (AvgIpc) is 2.45. The largest absolute Gasteiger partial charge is 0.339 e. The highest BCUT2D eigenvalue weighted by Gasteiger charge is 2.08. The van der Waals surface area contributed by atoms with E-state index in [0.717, 1.165) is 11.2 Å². The molecule has 0 atom stereocenters. The Labute approximate surface area is 96.5 Å². The Morgan fingerprint density at radius 3 is 2.71 bits per heavy atom. The molecule has 0 saturated heterocycles. The van der Waals surface area contributed by atoms with Crippen LogP contribution in [0.15, 0.2) is 28.3 Å². The van der Waals surface area contributed by atoms with E-state index >= 15 is 0 Å². The first-order valence-electron chi connectivity index (χ1n) is 4.37. The number of fused-ring (bicyclic) bond motifs is 1. The zero-order valence-corrected chi connectivity index (χ0v) is 10.0. The van der Waals surface area contributed by atoms with Crippen LogP contribution in [0.3, 0.4) is 0 Å². The summed E-state index contributed by atoms with van der Waals surface area (Å²) < 4.78 is 3.71. The van der Waals surface area contributed by atoms with E-state index in [4.69, 9.17) is 5.84 Å². The van der Waals surface area contributed by atoms with Gasteiger partial charge in [0.2, 0.25) is 0 Å². The summed E-state index contributed by atoms with van der Waals surface area (Å²) in [4.78, 5) is 0. The summed E-state index contributed by atoms with van der Waals surface area (Å²) in [6.07, 6.45) is 2.02. The molecule has 0 saturated carbocycles. The summed E-state index contributed by atoms with van der Waals surface area (Å²) in [7, 11) is 0. The molecule has 0 spiro atoms. The molecule has 0 aliphatic carbocycles. The second-order valence-corrected chi connectivity index (χ2v) is 3.91. The average molecular weight is 298 g/mol. The van der Waals surface area contributed by atoms with E-state index in [1.54, 1.807) is 4.68 Å². The minimum atomic E-state index is 1.07. The highest BCUT2D eigenvalue weighted by atomic mass is 127. The first kappa shape index (κ1) is 9.58. The number of hydrogen-bond acceptors (Lipinski definition) is 1. The fourth-order valence-corrected chi connectivity index (χ4v) is 2.05. The quantitative estimate of drug-likeness (QED) is 0.636. The molecule has 1 aromatic carbocycles. The number of aryl methyl sites for hydroxylation is 1. The number of halogens is 1. The van der Waals surface area contributed by atoms with Crippen molar-refractivity contribution in [3.63, 3.8) is 0 Å². The van der Waals surface area contributed by atoms with Gasteiger partial charge in [-0.2, -0.15) is 0 Å². The SMILES string of the molecule is Cc1c(/C=C\I)n(N)c2ccccc12. The molecule has 0 aliphatic heterocycles. The minimum absolute atomic E-state index is 1.07. The maximum absolute atomic E-state index is 5.99. The van der Waals surface area contributed by atoms with Crippen molar-refractivity contribution in [2.45, 2.75) is 6.92 Å². The second-order valence-electron chi connectivity index (χ2n) is 3.19. The third-order valence-corrected chi connectivity index (χ3v) is 2.79. The third kappa shape index (κ3) is 1.32. The van der Waals surface area contributed by atoms with Gasteiger partial charge in [-0.3, -0.25) is 4.68 Å². The van der Waals surface area contributed by atoms with Crippen molar-refractivity contribution in [2.24, 2.45) is 0 Å². The van der Waals surface area contributed by atoms with Crippen LogP contribution in [0.4, 0.5) is 0 Å². The number of nitrogens with zero attached hydrogens (tertiary/aromatic N) is 1. The molecule has 3 heteroatoms. The number of benzene rings is 1. The van der Waals surface area contributed by atoms with Gasteiger partial charge < -0.3 is 5.84 Å². The Morgan fingerprint density at radius 2 is 2.07 bits per heavy atom. The highest BCUT2D eigenvalue weighted by Crippen LogP contribution is 2.24. The summed E-state index contributed by atoms with van der Waals surface area (Å²) in [5, 5.41) is 1.22. The van der Waals surface area contributed by atoms with Crippen molar-refractivity contribution >= 4 is 39.6 Å². The van der Waals surface area contributed by atoms with Gasteiger partial charge in [0.1, 0.15) is 0 Å². The molecule has 0 bridgehead atoms. The van der Waals surface area contributed by atoms with E-state index in [-0.39, 0.29) is 0 Å². The van der Waals surface area contributed by atoms with Crippen LogP contribution in [-0.2, 0) is 0 Å². The summed E-state index contributed by atoms with van der Waals surface area (Å²) in [6.45, 7) is 2.09. The lowest BCUT2D eigenvalue weighted by Crippen LogP contribution is -2.09. The van der Waals surface area contributed by atoms with Gasteiger partial charge in [-0.25, -0.2) is 0 Å². The van der Waals surface area contributed by atoms with Crippen molar-refractivity contribution in [2.75, 3.05) is 5.84 Å². The van der Waals surface area contributed by atoms with E-state index < -0.39 is 0 Å². The summed E-state index contributed by atoms with van der Waals surface area (Å²) >= 11 is 2.20. The number of nitrogen functional groups attached to an aromatic ring is 1. The molecule has 14 heavy (non-hydrogen) atoms. The lowest BCUT2D eigenvalue weighted by atomic mass is 10.1. The molecule has 2 aromatic rings. The third-order valence-electron chi connectivity index (χ3n) is 2.43. The molecule has 72 valence electrons. The molecule has 1 heterocycles. The van der Waals surface area contributed by atoms with Gasteiger partial charge in [-0.05, 0) is 28.7 Å². The van der Waals surface area contributed by atoms with Crippen molar-refractivity contribution in [3.05, 3.63) is 39.6 Å². The molecule has 0 aliphatic rings. The van der Waals surface area contributed by atoms with Gasteiger partial charge in [0.25, 0.3) is 0 Å². The molecule has 2 nitrogen and oxygen atoms in total. The van der Waals surface area contributed by atoms with Crippen LogP contribution in [0.2, 0.25) is 0 Å². The van der Waals surface area contributed by atoms with E-state index in [1.165, 1.54) is 10.9 Å². The van der Waals surface area contributed by atoms with Crippen LogP contribution in [0.25, 0.3) is 17.0 Å². The molecule has 2 rings (SSSR count). The predicted molar refractivity (Wildman–Crippen MR) is 69.9 cm³/mol. The van der Waals surface area contributed by atoms with E-state index in [1.807, 2.05) is 28.4 Å². The Balaban J connectivity index is 2.85. The van der Waals surface area contributed by atoms with E-state index in [0.29, 0.717) is 0 Å². The molecular weight excluding hydrogens is 287 g/mol. The number of rotatable bonds is 1. The van der Waals surface area contributed by atoms with Gasteiger partial charge in [0.05, 0.1) is 11.2 Å². The predicted octanol–water partition coefficient (Wildman–Crippen LogP) is 3.07. The van der Waals surface area contributed by atoms with E-state index in [2.05, 4.69) is 35.6 Å². The number of hydrogen-bond donors (Lipinski definition) is 1. The molecule has 2 N–H and O–H groups in total. The summed E-state index contributed by atoms with van der Waals surface area (Å²) in [6, 6.07) is 8.17. The van der Waals surface area contributed by atoms with Crippen molar-refractivity contribution in [3.8, 4) is 0 Å². The molecular formula is C11H11IN2. The van der Waals surface area contributed by atoms with Crippen LogP contribution < -0.4 is 5.84 Å².